The number of benzene rings is 1. The first-order valence-corrected chi connectivity index (χ1v) is 6.77. The van der Waals surface area contributed by atoms with Gasteiger partial charge in [-0.15, -0.1) is 0 Å². The molecule has 20 heavy (non-hydrogen) atoms. The van der Waals surface area contributed by atoms with Crippen molar-refractivity contribution in [2.75, 3.05) is 6.54 Å². The van der Waals surface area contributed by atoms with Crippen LogP contribution in [0.3, 0.4) is 0 Å². The Balaban J connectivity index is 2.10. The third-order valence-corrected chi connectivity index (χ3v) is 3.28. The fraction of sp³-hybridized carbons (Fsp3) is 0.400. The molecule has 0 saturated heterocycles. The van der Waals surface area contributed by atoms with Crippen molar-refractivity contribution in [2.24, 2.45) is 0 Å². The summed E-state index contributed by atoms with van der Waals surface area (Å²) in [5.74, 6) is -1.10. The predicted octanol–water partition coefficient (Wildman–Crippen LogP) is 3.02. The van der Waals surface area contributed by atoms with Crippen LogP contribution in [0.5, 0.6) is 0 Å². The number of rotatable bonds is 6. The molecule has 0 bridgehead atoms. The lowest BCUT2D eigenvalue weighted by Crippen LogP contribution is -2.14. The van der Waals surface area contributed by atoms with Crippen molar-refractivity contribution < 1.29 is 8.78 Å². The van der Waals surface area contributed by atoms with Crippen molar-refractivity contribution in [2.45, 2.75) is 33.4 Å². The Kier molecular flexibility index (Phi) is 4.84. The molecule has 0 saturated carbocycles. The molecular formula is C15H19F2N3. The number of aromatic nitrogens is 2. The lowest BCUT2D eigenvalue weighted by atomic mass is 10.2. The first-order valence-electron chi connectivity index (χ1n) is 6.77. The van der Waals surface area contributed by atoms with Gasteiger partial charge in [-0.2, -0.15) is 5.10 Å². The second-order valence-electron chi connectivity index (χ2n) is 4.83. The van der Waals surface area contributed by atoms with Crippen LogP contribution in [0.4, 0.5) is 8.78 Å². The van der Waals surface area contributed by atoms with Gasteiger partial charge in [-0.25, -0.2) is 8.78 Å². The summed E-state index contributed by atoms with van der Waals surface area (Å²) < 4.78 is 28.2. The zero-order chi connectivity index (χ0) is 14.5. The third kappa shape index (κ3) is 3.42. The van der Waals surface area contributed by atoms with Crippen LogP contribution in [0.15, 0.2) is 24.4 Å². The van der Waals surface area contributed by atoms with Gasteiger partial charge in [0, 0.05) is 29.4 Å². The quantitative estimate of drug-likeness (QED) is 0.824. The van der Waals surface area contributed by atoms with Crippen molar-refractivity contribution in [3.05, 3.63) is 52.9 Å². The van der Waals surface area contributed by atoms with Crippen molar-refractivity contribution in [1.29, 1.82) is 0 Å². The average molecular weight is 279 g/mol. The minimum absolute atomic E-state index is 0.311. The smallest absolute Gasteiger partial charge is 0.131 e. The van der Waals surface area contributed by atoms with E-state index in [9.17, 15) is 8.78 Å². The summed E-state index contributed by atoms with van der Waals surface area (Å²) in [6, 6.07) is 3.62. The maximum atomic E-state index is 13.6. The van der Waals surface area contributed by atoms with Gasteiger partial charge >= 0.3 is 0 Å². The van der Waals surface area contributed by atoms with E-state index in [0.717, 1.165) is 36.8 Å². The first-order chi connectivity index (χ1) is 9.61. The summed E-state index contributed by atoms with van der Waals surface area (Å²) in [5.41, 5.74) is 2.53. The molecule has 2 rings (SSSR count). The lowest BCUT2D eigenvalue weighted by molar-refractivity contribution is 0.555. The molecule has 0 aliphatic rings. The van der Waals surface area contributed by atoms with Gasteiger partial charge in [-0.05, 0) is 26.0 Å². The molecule has 1 N–H and O–H groups in total. The van der Waals surface area contributed by atoms with Gasteiger partial charge < -0.3 is 5.32 Å². The summed E-state index contributed by atoms with van der Waals surface area (Å²) in [4.78, 5) is 0. The van der Waals surface area contributed by atoms with Crippen molar-refractivity contribution in [3.63, 3.8) is 0 Å². The predicted molar refractivity (Wildman–Crippen MR) is 74.4 cm³/mol. The Bertz CT molecular complexity index is 578. The molecule has 0 atom stereocenters. The third-order valence-electron chi connectivity index (χ3n) is 3.28. The number of halogens is 2. The van der Waals surface area contributed by atoms with Crippen LogP contribution in [0.1, 0.15) is 30.2 Å². The summed E-state index contributed by atoms with van der Waals surface area (Å²) >= 11 is 0. The van der Waals surface area contributed by atoms with E-state index in [0.29, 0.717) is 12.1 Å². The monoisotopic (exact) mass is 279 g/mol. The summed E-state index contributed by atoms with van der Waals surface area (Å²) in [5, 5.41) is 7.58. The van der Waals surface area contributed by atoms with Crippen LogP contribution >= 0.6 is 0 Å². The zero-order valence-electron chi connectivity index (χ0n) is 11.8. The molecule has 0 spiro atoms. The van der Waals surface area contributed by atoms with Gasteiger partial charge in [0.15, 0.2) is 0 Å². The molecule has 0 amide bonds. The molecule has 0 unspecified atom stereocenters. The Hall–Kier alpha value is -1.75. The Morgan fingerprint density at radius 2 is 2.05 bits per heavy atom. The SMILES string of the molecule is CCCNCc1cnn(Cc2ccc(F)cc2F)c1C. The first kappa shape index (κ1) is 14.7. The highest BCUT2D eigenvalue weighted by Crippen LogP contribution is 2.14. The van der Waals surface area contributed by atoms with Gasteiger partial charge in [-0.3, -0.25) is 4.68 Å². The minimum atomic E-state index is -0.562. The van der Waals surface area contributed by atoms with Crippen LogP contribution in [0.2, 0.25) is 0 Å². The minimum Gasteiger partial charge on any atom is -0.313 e. The highest BCUT2D eigenvalue weighted by Gasteiger charge is 2.09. The van der Waals surface area contributed by atoms with Crippen LogP contribution in [-0.4, -0.2) is 16.3 Å². The van der Waals surface area contributed by atoms with Gasteiger partial charge in [0.2, 0.25) is 0 Å². The second kappa shape index (κ2) is 6.61. The van der Waals surface area contributed by atoms with Crippen LogP contribution in [0.25, 0.3) is 0 Å². The number of hydrogen-bond donors (Lipinski definition) is 1. The summed E-state index contributed by atoms with van der Waals surface area (Å²) in [6.07, 6.45) is 2.87. The van der Waals surface area contributed by atoms with E-state index >= 15 is 0 Å². The second-order valence-corrected chi connectivity index (χ2v) is 4.83. The Labute approximate surface area is 117 Å². The van der Waals surface area contributed by atoms with Crippen LogP contribution < -0.4 is 5.32 Å². The molecule has 0 radical (unpaired) electrons. The Morgan fingerprint density at radius 1 is 1.25 bits per heavy atom. The maximum absolute atomic E-state index is 13.6. The molecule has 0 aliphatic heterocycles. The fourth-order valence-corrected chi connectivity index (χ4v) is 2.03. The van der Waals surface area contributed by atoms with Crippen molar-refractivity contribution >= 4 is 0 Å². The van der Waals surface area contributed by atoms with Crippen LogP contribution in [-0.2, 0) is 13.1 Å². The zero-order valence-corrected chi connectivity index (χ0v) is 11.8. The van der Waals surface area contributed by atoms with E-state index in [1.54, 1.807) is 10.9 Å². The van der Waals surface area contributed by atoms with Gasteiger partial charge in [0.05, 0.1) is 12.7 Å². The fourth-order valence-electron chi connectivity index (χ4n) is 2.03. The van der Waals surface area contributed by atoms with E-state index in [2.05, 4.69) is 17.3 Å². The standard InChI is InChI=1S/C15H19F2N3/c1-3-6-18-8-13-9-19-20(11(13)2)10-12-4-5-14(16)7-15(12)17/h4-5,7,9,18H,3,6,8,10H2,1-2H3. The molecule has 1 aromatic heterocycles. The number of hydrogen-bond acceptors (Lipinski definition) is 2. The summed E-state index contributed by atoms with van der Waals surface area (Å²) in [7, 11) is 0. The van der Waals surface area contributed by atoms with E-state index in [4.69, 9.17) is 0 Å². The maximum Gasteiger partial charge on any atom is 0.131 e. The Morgan fingerprint density at radius 3 is 2.75 bits per heavy atom. The molecule has 108 valence electrons. The molecule has 0 aliphatic carbocycles. The molecule has 1 aromatic carbocycles. The molecule has 3 nitrogen and oxygen atoms in total. The van der Waals surface area contributed by atoms with Gasteiger partial charge in [-0.1, -0.05) is 13.0 Å². The van der Waals surface area contributed by atoms with Crippen LogP contribution in [0, 0.1) is 18.6 Å². The average Bonchev–Trinajstić information content (AvgIpc) is 2.75. The lowest BCUT2D eigenvalue weighted by Gasteiger charge is -2.07. The summed E-state index contributed by atoms with van der Waals surface area (Å²) in [6.45, 7) is 6.09. The molecule has 2 aromatic rings. The molecule has 0 fully saturated rings. The highest BCUT2D eigenvalue weighted by molar-refractivity contribution is 5.21. The van der Waals surface area contributed by atoms with Crippen molar-refractivity contribution in [1.82, 2.24) is 15.1 Å². The topological polar surface area (TPSA) is 29.9 Å². The normalized spacial score (nSPS) is 11.0. The molecular weight excluding hydrogens is 260 g/mol. The molecule has 1 heterocycles. The van der Waals surface area contributed by atoms with E-state index < -0.39 is 11.6 Å². The largest absolute Gasteiger partial charge is 0.313 e. The van der Waals surface area contributed by atoms with Crippen molar-refractivity contribution in [3.8, 4) is 0 Å². The van der Waals surface area contributed by atoms with Gasteiger partial charge in [0.25, 0.3) is 0 Å². The number of nitrogens with one attached hydrogen (secondary N) is 1. The van der Waals surface area contributed by atoms with E-state index in [-0.39, 0.29) is 0 Å². The van der Waals surface area contributed by atoms with E-state index in [1.807, 2.05) is 6.92 Å². The molecule has 5 heteroatoms. The highest BCUT2D eigenvalue weighted by atomic mass is 19.1. The van der Waals surface area contributed by atoms with E-state index in [1.165, 1.54) is 12.1 Å². The van der Waals surface area contributed by atoms with Gasteiger partial charge in [0.1, 0.15) is 11.6 Å². The number of nitrogens with zero attached hydrogens (tertiary/aromatic N) is 2.